The number of aryl methyl sites for hydroxylation is 1. The lowest BCUT2D eigenvalue weighted by Crippen LogP contribution is -2.24. The first-order chi connectivity index (χ1) is 13.6. The zero-order valence-corrected chi connectivity index (χ0v) is 16.0. The maximum atomic E-state index is 12.3. The number of ether oxygens (including phenoxy) is 2. The first-order valence-corrected chi connectivity index (χ1v) is 8.75. The topological polar surface area (TPSA) is 85.4 Å². The predicted molar refractivity (Wildman–Crippen MR) is 107 cm³/mol. The molecule has 0 saturated carbocycles. The normalized spacial score (nSPS) is 10.2. The second-order valence-electron chi connectivity index (χ2n) is 6.17. The molecule has 144 valence electrons. The maximum Gasteiger partial charge on any atom is 0.272 e. The van der Waals surface area contributed by atoms with Gasteiger partial charge in [0.15, 0.2) is 11.5 Å². The minimum absolute atomic E-state index is 0.250. The van der Waals surface area contributed by atoms with E-state index in [1.165, 1.54) is 0 Å². The Morgan fingerprint density at radius 2 is 1.86 bits per heavy atom. The van der Waals surface area contributed by atoms with Crippen LogP contribution in [0.15, 0.2) is 54.6 Å². The van der Waals surface area contributed by atoms with Crippen molar-refractivity contribution in [1.82, 2.24) is 15.5 Å². The molecule has 7 heteroatoms. The van der Waals surface area contributed by atoms with E-state index in [0.717, 1.165) is 11.1 Å². The number of anilines is 2. The first kappa shape index (κ1) is 19.2. The number of methoxy groups -OCH3 is 2. The van der Waals surface area contributed by atoms with Crippen LogP contribution < -0.4 is 20.1 Å². The van der Waals surface area contributed by atoms with Gasteiger partial charge in [0.25, 0.3) is 5.91 Å². The number of amides is 1. The lowest BCUT2D eigenvalue weighted by molar-refractivity contribution is 0.0945. The molecule has 3 rings (SSSR count). The van der Waals surface area contributed by atoms with Gasteiger partial charge in [-0.05, 0) is 36.8 Å². The SMILES string of the molecule is COc1ccc(Nc2ccc(C(=O)NCc3cccc(C)c3)nn2)c(OC)c1. The highest BCUT2D eigenvalue weighted by molar-refractivity contribution is 5.92. The Morgan fingerprint density at radius 1 is 1.00 bits per heavy atom. The summed E-state index contributed by atoms with van der Waals surface area (Å²) >= 11 is 0. The zero-order valence-electron chi connectivity index (χ0n) is 16.0. The third-order valence-electron chi connectivity index (χ3n) is 4.10. The van der Waals surface area contributed by atoms with Crippen LogP contribution in [0.1, 0.15) is 21.6 Å². The second-order valence-corrected chi connectivity index (χ2v) is 6.17. The van der Waals surface area contributed by atoms with Gasteiger partial charge >= 0.3 is 0 Å². The number of aromatic nitrogens is 2. The quantitative estimate of drug-likeness (QED) is 0.655. The summed E-state index contributed by atoms with van der Waals surface area (Å²) in [4.78, 5) is 12.3. The number of hydrogen-bond acceptors (Lipinski definition) is 6. The van der Waals surface area contributed by atoms with E-state index in [-0.39, 0.29) is 11.6 Å². The molecule has 0 spiro atoms. The van der Waals surface area contributed by atoms with E-state index in [1.807, 2.05) is 43.3 Å². The van der Waals surface area contributed by atoms with Gasteiger partial charge in [-0.3, -0.25) is 4.79 Å². The third-order valence-corrected chi connectivity index (χ3v) is 4.10. The molecule has 1 aromatic heterocycles. The van der Waals surface area contributed by atoms with Gasteiger partial charge in [-0.1, -0.05) is 29.8 Å². The van der Waals surface area contributed by atoms with Crippen LogP contribution in [0.25, 0.3) is 0 Å². The summed E-state index contributed by atoms with van der Waals surface area (Å²) in [7, 11) is 3.17. The molecule has 0 aliphatic rings. The zero-order chi connectivity index (χ0) is 19.9. The largest absolute Gasteiger partial charge is 0.497 e. The Kier molecular flexibility index (Phi) is 6.06. The lowest BCUT2D eigenvalue weighted by Gasteiger charge is -2.12. The van der Waals surface area contributed by atoms with Crippen molar-refractivity contribution in [3.05, 3.63) is 71.4 Å². The average molecular weight is 378 g/mol. The molecule has 1 heterocycles. The molecule has 0 unspecified atom stereocenters. The Morgan fingerprint density at radius 3 is 2.54 bits per heavy atom. The molecule has 1 amide bonds. The van der Waals surface area contributed by atoms with Crippen molar-refractivity contribution in [1.29, 1.82) is 0 Å². The molecule has 3 aromatic rings. The van der Waals surface area contributed by atoms with Gasteiger partial charge in [0, 0.05) is 12.6 Å². The van der Waals surface area contributed by atoms with Crippen molar-refractivity contribution in [2.24, 2.45) is 0 Å². The molecule has 2 aromatic carbocycles. The predicted octanol–water partition coefficient (Wildman–Crippen LogP) is 3.48. The molecular formula is C21H22N4O3. The van der Waals surface area contributed by atoms with Crippen molar-refractivity contribution >= 4 is 17.4 Å². The summed E-state index contributed by atoms with van der Waals surface area (Å²) in [5.74, 6) is 1.52. The molecule has 7 nitrogen and oxygen atoms in total. The molecule has 28 heavy (non-hydrogen) atoms. The van der Waals surface area contributed by atoms with Crippen LogP contribution in [0.4, 0.5) is 11.5 Å². The Labute approximate surface area is 163 Å². The van der Waals surface area contributed by atoms with Crippen molar-refractivity contribution in [2.45, 2.75) is 13.5 Å². The minimum atomic E-state index is -0.275. The molecule has 0 saturated heterocycles. The molecule has 0 aliphatic carbocycles. The van der Waals surface area contributed by atoms with Crippen molar-refractivity contribution in [3.63, 3.8) is 0 Å². The molecular weight excluding hydrogens is 356 g/mol. The van der Waals surface area contributed by atoms with E-state index in [9.17, 15) is 4.79 Å². The summed E-state index contributed by atoms with van der Waals surface area (Å²) in [5, 5.41) is 14.0. The molecule has 2 N–H and O–H groups in total. The van der Waals surface area contributed by atoms with Gasteiger partial charge in [-0.2, -0.15) is 0 Å². The van der Waals surface area contributed by atoms with Crippen LogP contribution in [0.2, 0.25) is 0 Å². The highest BCUT2D eigenvalue weighted by Gasteiger charge is 2.10. The van der Waals surface area contributed by atoms with Crippen LogP contribution >= 0.6 is 0 Å². The summed E-state index contributed by atoms with van der Waals surface area (Å²) < 4.78 is 10.5. The number of carbonyl (C=O) groups is 1. The van der Waals surface area contributed by atoms with E-state index in [0.29, 0.717) is 29.5 Å². The van der Waals surface area contributed by atoms with Crippen LogP contribution in [-0.2, 0) is 6.54 Å². The molecule has 0 fully saturated rings. The summed E-state index contributed by atoms with van der Waals surface area (Å²) in [6, 6.07) is 16.7. The third kappa shape index (κ3) is 4.76. The fraction of sp³-hybridized carbons (Fsp3) is 0.190. The van der Waals surface area contributed by atoms with Crippen molar-refractivity contribution in [3.8, 4) is 11.5 Å². The summed E-state index contributed by atoms with van der Waals surface area (Å²) in [5.41, 5.74) is 3.15. The van der Waals surface area contributed by atoms with E-state index in [4.69, 9.17) is 9.47 Å². The van der Waals surface area contributed by atoms with Gasteiger partial charge in [0.1, 0.15) is 11.5 Å². The summed E-state index contributed by atoms with van der Waals surface area (Å²) in [6.07, 6.45) is 0. The van der Waals surface area contributed by atoms with E-state index < -0.39 is 0 Å². The lowest BCUT2D eigenvalue weighted by atomic mass is 10.1. The number of nitrogens with one attached hydrogen (secondary N) is 2. The van der Waals surface area contributed by atoms with Crippen LogP contribution in [0.3, 0.4) is 0 Å². The van der Waals surface area contributed by atoms with Gasteiger partial charge < -0.3 is 20.1 Å². The number of hydrogen-bond donors (Lipinski definition) is 2. The number of carbonyl (C=O) groups excluding carboxylic acids is 1. The first-order valence-electron chi connectivity index (χ1n) is 8.75. The average Bonchev–Trinajstić information content (AvgIpc) is 2.73. The number of rotatable bonds is 7. The fourth-order valence-electron chi connectivity index (χ4n) is 2.65. The number of nitrogens with zero attached hydrogens (tertiary/aromatic N) is 2. The Bertz CT molecular complexity index is 958. The molecule has 0 radical (unpaired) electrons. The molecule has 0 aliphatic heterocycles. The molecule has 0 atom stereocenters. The molecule has 0 bridgehead atoms. The van der Waals surface area contributed by atoms with Gasteiger partial charge in [-0.25, -0.2) is 0 Å². The van der Waals surface area contributed by atoms with E-state index >= 15 is 0 Å². The standard InChI is InChI=1S/C21H22N4O3/c1-14-5-4-6-15(11-14)13-22-21(26)18-9-10-20(25-24-18)23-17-8-7-16(27-2)12-19(17)28-3/h4-12H,13H2,1-3H3,(H,22,26)(H,23,25). The maximum absolute atomic E-state index is 12.3. The second kappa shape index (κ2) is 8.85. The monoisotopic (exact) mass is 378 g/mol. The van der Waals surface area contributed by atoms with Gasteiger partial charge in [0.2, 0.25) is 0 Å². The Balaban J connectivity index is 1.64. The van der Waals surface area contributed by atoms with Crippen molar-refractivity contribution < 1.29 is 14.3 Å². The summed E-state index contributed by atoms with van der Waals surface area (Å²) in [6.45, 7) is 2.45. The minimum Gasteiger partial charge on any atom is -0.497 e. The van der Waals surface area contributed by atoms with Crippen LogP contribution in [-0.4, -0.2) is 30.3 Å². The van der Waals surface area contributed by atoms with Crippen LogP contribution in [0, 0.1) is 6.92 Å². The van der Waals surface area contributed by atoms with E-state index in [2.05, 4.69) is 20.8 Å². The van der Waals surface area contributed by atoms with Gasteiger partial charge in [0.05, 0.1) is 19.9 Å². The van der Waals surface area contributed by atoms with Crippen molar-refractivity contribution in [2.75, 3.05) is 19.5 Å². The highest BCUT2D eigenvalue weighted by atomic mass is 16.5. The van der Waals surface area contributed by atoms with Gasteiger partial charge in [-0.15, -0.1) is 10.2 Å². The Hall–Kier alpha value is -3.61. The fourth-order valence-corrected chi connectivity index (χ4v) is 2.65. The van der Waals surface area contributed by atoms with Crippen LogP contribution in [0.5, 0.6) is 11.5 Å². The number of benzene rings is 2. The smallest absolute Gasteiger partial charge is 0.272 e. The van der Waals surface area contributed by atoms with E-state index in [1.54, 1.807) is 32.4 Å². The highest BCUT2D eigenvalue weighted by Crippen LogP contribution is 2.30.